The lowest BCUT2D eigenvalue weighted by atomic mass is 10.1. The van der Waals surface area contributed by atoms with Crippen LogP contribution in [0.15, 0.2) is 0 Å². The molecule has 0 aromatic carbocycles. The van der Waals surface area contributed by atoms with Crippen LogP contribution in [-0.4, -0.2) is 15.4 Å². The van der Waals surface area contributed by atoms with Gasteiger partial charge in [0.1, 0.15) is 0 Å². The van der Waals surface area contributed by atoms with E-state index in [1.807, 2.05) is 6.92 Å². The third-order valence-electron chi connectivity index (χ3n) is 1.23. The van der Waals surface area contributed by atoms with Crippen molar-refractivity contribution in [1.29, 1.82) is 0 Å². The molecule has 0 aliphatic carbocycles. The van der Waals surface area contributed by atoms with Gasteiger partial charge >= 0.3 is 0 Å². The summed E-state index contributed by atoms with van der Waals surface area (Å²) in [4.78, 5) is 0. The lowest BCUT2D eigenvalue weighted by Crippen LogP contribution is -2.06. The molecular formula is C6H13O3S-. The molecule has 4 heteroatoms. The van der Waals surface area contributed by atoms with Gasteiger partial charge in [-0.05, 0) is 12.3 Å². The van der Waals surface area contributed by atoms with Gasteiger partial charge in [0.05, 0.1) is 18.0 Å². The average molecular weight is 165 g/mol. The normalized spacial score (nSPS) is 16.7. The van der Waals surface area contributed by atoms with Gasteiger partial charge in [-0.3, -0.25) is 0 Å². The first kappa shape index (κ1) is 10.1. The van der Waals surface area contributed by atoms with E-state index in [4.69, 9.17) is 0 Å². The molecule has 0 aliphatic heterocycles. The van der Waals surface area contributed by atoms with Crippen molar-refractivity contribution in [2.24, 2.45) is 5.92 Å². The molecule has 2 atom stereocenters. The monoisotopic (exact) mass is 165 g/mol. The van der Waals surface area contributed by atoms with Gasteiger partial charge in [0.2, 0.25) is 0 Å². The largest absolute Gasteiger partial charge is 0.750 e. The standard InChI is InChI=1S/C6H14O3S/c1-3-4-6(2)5-9-10(7)8/h6H,3-5H2,1-2H3,(H,7,8)/p-1. The second-order valence-corrected chi connectivity index (χ2v) is 3.03. The Morgan fingerprint density at radius 2 is 2.30 bits per heavy atom. The topological polar surface area (TPSA) is 49.4 Å². The van der Waals surface area contributed by atoms with Crippen molar-refractivity contribution in [3.05, 3.63) is 0 Å². The molecule has 0 bridgehead atoms. The van der Waals surface area contributed by atoms with Crippen LogP contribution in [0, 0.1) is 5.92 Å². The van der Waals surface area contributed by atoms with E-state index in [0.717, 1.165) is 12.8 Å². The number of hydrogen-bond donors (Lipinski definition) is 0. The fourth-order valence-electron chi connectivity index (χ4n) is 0.748. The summed E-state index contributed by atoms with van der Waals surface area (Å²) in [5.74, 6) is 0.336. The van der Waals surface area contributed by atoms with Gasteiger partial charge in [0.25, 0.3) is 0 Å². The average Bonchev–Trinajstić information content (AvgIpc) is 1.85. The zero-order chi connectivity index (χ0) is 7.98. The molecule has 0 heterocycles. The van der Waals surface area contributed by atoms with Gasteiger partial charge in [-0.2, -0.15) is 0 Å². The maximum Gasteiger partial charge on any atom is 0.0842 e. The molecule has 0 saturated carbocycles. The van der Waals surface area contributed by atoms with Crippen LogP contribution in [0.2, 0.25) is 0 Å². The van der Waals surface area contributed by atoms with E-state index in [1.54, 1.807) is 0 Å². The second-order valence-electron chi connectivity index (χ2n) is 2.38. The van der Waals surface area contributed by atoms with E-state index in [0.29, 0.717) is 12.5 Å². The van der Waals surface area contributed by atoms with E-state index in [9.17, 15) is 8.76 Å². The molecule has 3 nitrogen and oxygen atoms in total. The van der Waals surface area contributed by atoms with Crippen molar-refractivity contribution in [3.8, 4) is 0 Å². The van der Waals surface area contributed by atoms with Gasteiger partial charge in [-0.25, -0.2) is 4.21 Å². The fourth-order valence-corrected chi connectivity index (χ4v) is 1.09. The lowest BCUT2D eigenvalue weighted by molar-refractivity contribution is 0.246. The molecule has 0 aliphatic rings. The highest BCUT2D eigenvalue weighted by Gasteiger charge is 1.99. The van der Waals surface area contributed by atoms with E-state index in [-0.39, 0.29) is 0 Å². The molecule has 62 valence electrons. The van der Waals surface area contributed by atoms with Crippen molar-refractivity contribution >= 4 is 11.4 Å². The van der Waals surface area contributed by atoms with E-state index >= 15 is 0 Å². The Morgan fingerprint density at radius 1 is 1.70 bits per heavy atom. The minimum absolute atomic E-state index is 0.309. The molecule has 0 N–H and O–H groups in total. The highest BCUT2D eigenvalue weighted by atomic mass is 32.2. The first-order valence-corrected chi connectivity index (χ1v) is 4.39. The summed E-state index contributed by atoms with van der Waals surface area (Å²) in [7, 11) is 0. The first-order chi connectivity index (χ1) is 4.66. The zero-order valence-electron chi connectivity index (χ0n) is 6.33. The minimum Gasteiger partial charge on any atom is -0.750 e. The Bertz CT molecular complexity index is 105. The van der Waals surface area contributed by atoms with Crippen LogP contribution in [0.25, 0.3) is 0 Å². The summed E-state index contributed by atoms with van der Waals surface area (Å²) in [5, 5.41) is 0. The SMILES string of the molecule is CCCC(C)COS(=O)[O-]. The number of hydrogen-bond acceptors (Lipinski definition) is 3. The number of rotatable bonds is 5. The highest BCUT2D eigenvalue weighted by Crippen LogP contribution is 2.04. The van der Waals surface area contributed by atoms with Gasteiger partial charge in [0.15, 0.2) is 0 Å². The van der Waals surface area contributed by atoms with Crippen LogP contribution in [0.1, 0.15) is 26.7 Å². The molecule has 0 fully saturated rings. The molecule has 0 saturated heterocycles. The third kappa shape index (κ3) is 6.19. The Balaban J connectivity index is 3.21. The lowest BCUT2D eigenvalue weighted by Gasteiger charge is -2.10. The summed E-state index contributed by atoms with van der Waals surface area (Å²) < 4.78 is 24.1. The van der Waals surface area contributed by atoms with Crippen molar-refractivity contribution in [1.82, 2.24) is 0 Å². The van der Waals surface area contributed by atoms with Crippen molar-refractivity contribution in [2.45, 2.75) is 26.7 Å². The second kappa shape index (κ2) is 5.82. The Labute approximate surface area is 64.3 Å². The van der Waals surface area contributed by atoms with E-state index in [2.05, 4.69) is 11.1 Å². The van der Waals surface area contributed by atoms with E-state index in [1.165, 1.54) is 0 Å². The molecule has 10 heavy (non-hydrogen) atoms. The molecule has 0 spiro atoms. The Hall–Kier alpha value is 0.0700. The quantitative estimate of drug-likeness (QED) is 0.576. The summed E-state index contributed by atoms with van der Waals surface area (Å²) in [6, 6.07) is 0. The van der Waals surface area contributed by atoms with E-state index < -0.39 is 11.4 Å². The van der Waals surface area contributed by atoms with Gasteiger partial charge in [-0.15, -0.1) is 0 Å². The molecular weight excluding hydrogens is 152 g/mol. The fraction of sp³-hybridized carbons (Fsp3) is 1.00. The molecule has 0 rings (SSSR count). The molecule has 0 amide bonds. The summed E-state index contributed by atoms with van der Waals surface area (Å²) >= 11 is -2.34. The molecule has 0 aromatic rings. The Morgan fingerprint density at radius 3 is 2.70 bits per heavy atom. The van der Waals surface area contributed by atoms with Crippen molar-refractivity contribution < 1.29 is 12.9 Å². The first-order valence-electron chi connectivity index (χ1n) is 3.39. The predicted molar refractivity (Wildman–Crippen MR) is 38.9 cm³/mol. The summed E-state index contributed by atoms with van der Waals surface area (Å²) in [5.41, 5.74) is 0. The Kier molecular flexibility index (Phi) is 5.87. The van der Waals surface area contributed by atoms with Crippen molar-refractivity contribution in [2.75, 3.05) is 6.61 Å². The van der Waals surface area contributed by atoms with Crippen LogP contribution in [0.3, 0.4) is 0 Å². The van der Waals surface area contributed by atoms with Crippen LogP contribution in [0.5, 0.6) is 0 Å². The van der Waals surface area contributed by atoms with Gasteiger partial charge in [0, 0.05) is 0 Å². The van der Waals surface area contributed by atoms with Crippen LogP contribution < -0.4 is 0 Å². The van der Waals surface area contributed by atoms with Crippen molar-refractivity contribution in [3.63, 3.8) is 0 Å². The smallest absolute Gasteiger partial charge is 0.0842 e. The summed E-state index contributed by atoms with van der Waals surface area (Å²) in [6.45, 7) is 4.34. The summed E-state index contributed by atoms with van der Waals surface area (Å²) in [6.07, 6.45) is 2.08. The highest BCUT2D eigenvalue weighted by molar-refractivity contribution is 7.74. The molecule has 2 unspecified atom stereocenters. The maximum atomic E-state index is 9.89. The maximum absolute atomic E-state index is 9.89. The van der Waals surface area contributed by atoms with Gasteiger partial charge < -0.3 is 8.74 Å². The van der Waals surface area contributed by atoms with Gasteiger partial charge in [-0.1, -0.05) is 20.3 Å². The van der Waals surface area contributed by atoms with Crippen LogP contribution in [-0.2, 0) is 15.5 Å². The van der Waals surface area contributed by atoms with Crippen LogP contribution in [0.4, 0.5) is 0 Å². The third-order valence-corrected chi connectivity index (χ3v) is 1.56. The molecule has 0 aromatic heterocycles. The predicted octanol–water partition coefficient (Wildman–Crippen LogP) is 1.23. The molecule has 0 radical (unpaired) electrons. The van der Waals surface area contributed by atoms with Crippen LogP contribution >= 0.6 is 0 Å². The minimum atomic E-state index is -2.34. The zero-order valence-corrected chi connectivity index (χ0v) is 7.15.